The molecule has 31 heavy (non-hydrogen) atoms. The predicted octanol–water partition coefficient (Wildman–Crippen LogP) is 7.37. The van der Waals surface area contributed by atoms with Gasteiger partial charge in [-0.05, 0) is 56.4 Å². The second-order valence-corrected chi connectivity index (χ2v) is 7.54. The van der Waals surface area contributed by atoms with Crippen LogP contribution in [-0.4, -0.2) is 24.3 Å². The second kappa shape index (κ2) is 13.7. The summed E-state index contributed by atoms with van der Waals surface area (Å²) in [5.74, 6) is -2.13. The minimum absolute atomic E-state index is 0.104. The van der Waals surface area contributed by atoms with Crippen LogP contribution in [0.1, 0.15) is 57.9 Å². The minimum Gasteiger partial charge on any atom is -0.486 e. The van der Waals surface area contributed by atoms with Crippen LogP contribution in [0.5, 0.6) is 5.75 Å². The summed E-state index contributed by atoms with van der Waals surface area (Å²) in [4.78, 5) is 4.28. The van der Waals surface area contributed by atoms with Crippen LogP contribution >= 0.6 is 0 Å². The highest BCUT2D eigenvalue weighted by atomic mass is 19.2. The van der Waals surface area contributed by atoms with Crippen molar-refractivity contribution < 1.29 is 18.3 Å². The van der Waals surface area contributed by atoms with Gasteiger partial charge in [-0.3, -0.25) is 4.98 Å². The molecule has 0 amide bonds. The summed E-state index contributed by atoms with van der Waals surface area (Å²) in [5, 5.41) is 0. The Morgan fingerprint density at radius 3 is 2.65 bits per heavy atom. The van der Waals surface area contributed by atoms with Crippen molar-refractivity contribution in [1.29, 1.82) is 0 Å². The molecule has 0 spiro atoms. The summed E-state index contributed by atoms with van der Waals surface area (Å²) in [7, 11) is 0. The van der Waals surface area contributed by atoms with Crippen LogP contribution in [0, 0.1) is 11.6 Å². The van der Waals surface area contributed by atoms with Crippen molar-refractivity contribution in [3.8, 4) is 17.0 Å². The zero-order valence-electron chi connectivity index (χ0n) is 18.6. The molecule has 1 unspecified atom stereocenters. The molecule has 1 aromatic heterocycles. The van der Waals surface area contributed by atoms with Gasteiger partial charge >= 0.3 is 0 Å². The summed E-state index contributed by atoms with van der Waals surface area (Å²) in [5.41, 5.74) is 1.39. The van der Waals surface area contributed by atoms with Gasteiger partial charge in [-0.2, -0.15) is 4.39 Å². The van der Waals surface area contributed by atoms with Gasteiger partial charge in [0.2, 0.25) is 5.82 Å². The van der Waals surface area contributed by atoms with Crippen LogP contribution in [-0.2, 0) is 4.74 Å². The van der Waals surface area contributed by atoms with E-state index in [-0.39, 0.29) is 24.0 Å². The number of aromatic nitrogens is 1. The van der Waals surface area contributed by atoms with E-state index in [9.17, 15) is 8.78 Å². The minimum atomic E-state index is -1.02. The van der Waals surface area contributed by atoms with E-state index in [2.05, 4.69) is 31.5 Å². The van der Waals surface area contributed by atoms with Gasteiger partial charge in [-0.25, -0.2) is 4.39 Å². The van der Waals surface area contributed by atoms with Crippen LogP contribution in [0.2, 0.25) is 0 Å². The molecule has 0 radical (unpaired) electrons. The lowest BCUT2D eigenvalue weighted by atomic mass is 10.1. The number of rotatable bonds is 14. The molecule has 1 heterocycles. The van der Waals surface area contributed by atoms with E-state index in [0.29, 0.717) is 5.69 Å². The van der Waals surface area contributed by atoms with Gasteiger partial charge in [0, 0.05) is 18.4 Å². The number of hydrogen-bond donors (Lipinski definition) is 0. The van der Waals surface area contributed by atoms with Crippen molar-refractivity contribution in [2.24, 2.45) is 0 Å². The van der Waals surface area contributed by atoms with Crippen LogP contribution in [0.3, 0.4) is 0 Å². The summed E-state index contributed by atoms with van der Waals surface area (Å²) >= 11 is 0. The first-order valence-electron chi connectivity index (χ1n) is 11.0. The van der Waals surface area contributed by atoms with Gasteiger partial charge in [-0.1, -0.05) is 50.6 Å². The topological polar surface area (TPSA) is 31.4 Å². The van der Waals surface area contributed by atoms with E-state index >= 15 is 0 Å². The Kier molecular flexibility index (Phi) is 10.9. The fourth-order valence-electron chi connectivity index (χ4n) is 3.12. The number of ether oxygens (including phenoxy) is 2. The van der Waals surface area contributed by atoms with Crippen LogP contribution in [0.15, 0.2) is 49.2 Å². The van der Waals surface area contributed by atoms with Gasteiger partial charge in [0.25, 0.3) is 0 Å². The Hall–Kier alpha value is -2.53. The molecule has 3 nitrogen and oxygen atoms in total. The predicted molar refractivity (Wildman–Crippen MR) is 123 cm³/mol. The molecule has 0 saturated heterocycles. The Morgan fingerprint density at radius 1 is 1.10 bits per heavy atom. The highest BCUT2D eigenvalue weighted by Crippen LogP contribution is 2.29. The molecule has 2 aromatic rings. The fourth-order valence-corrected chi connectivity index (χ4v) is 3.12. The standard InChI is InChI=1S/C26H33F2NO2/c1-4-6-10-18-30-20(3)11-8-7-9-12-21-13-15-23(29-19-21)22-14-16-24(31-17-5-2)26(28)25(22)27/h5,9,12-16,19-20H,2,4,6-8,10-11,17-18H2,1,3H3. The Bertz CT molecular complexity index is 834. The summed E-state index contributed by atoms with van der Waals surface area (Å²) in [6.45, 7) is 8.76. The van der Waals surface area contributed by atoms with Gasteiger partial charge in [-0.15, -0.1) is 0 Å². The number of pyridine rings is 1. The van der Waals surface area contributed by atoms with Crippen LogP contribution in [0.25, 0.3) is 17.3 Å². The Labute approximate surface area is 184 Å². The second-order valence-electron chi connectivity index (χ2n) is 7.54. The normalized spacial score (nSPS) is 12.3. The monoisotopic (exact) mass is 429 g/mol. The largest absolute Gasteiger partial charge is 0.486 e. The van der Waals surface area contributed by atoms with Crippen molar-refractivity contribution >= 4 is 6.08 Å². The van der Waals surface area contributed by atoms with Crippen molar-refractivity contribution in [3.63, 3.8) is 0 Å². The first kappa shape index (κ1) is 24.7. The molecule has 0 aliphatic carbocycles. The molecule has 0 N–H and O–H groups in total. The molecule has 0 fully saturated rings. The average molecular weight is 430 g/mol. The summed E-state index contributed by atoms with van der Waals surface area (Å²) in [6, 6.07) is 6.41. The van der Waals surface area contributed by atoms with E-state index in [1.54, 1.807) is 12.3 Å². The molecule has 0 saturated carbocycles. The molecule has 0 aliphatic rings. The number of nitrogens with zero attached hydrogens (tertiary/aromatic N) is 1. The number of halogens is 2. The number of benzene rings is 1. The molecule has 168 valence electrons. The van der Waals surface area contributed by atoms with Crippen molar-refractivity contribution in [2.75, 3.05) is 13.2 Å². The molecule has 0 aliphatic heterocycles. The SMILES string of the molecule is C=CCOc1ccc(-c2ccc(C=CCCCC(C)OCCCCC)cn2)c(F)c1F. The first-order chi connectivity index (χ1) is 15.1. The highest BCUT2D eigenvalue weighted by molar-refractivity contribution is 5.63. The quantitative estimate of drug-likeness (QED) is 0.232. The maximum Gasteiger partial charge on any atom is 0.201 e. The van der Waals surface area contributed by atoms with E-state index in [0.717, 1.165) is 37.9 Å². The van der Waals surface area contributed by atoms with Gasteiger partial charge in [0.1, 0.15) is 6.61 Å². The van der Waals surface area contributed by atoms with Crippen molar-refractivity contribution in [2.45, 2.75) is 58.5 Å². The molecule has 0 bridgehead atoms. The molecular weight excluding hydrogens is 396 g/mol. The molecule has 5 heteroatoms. The van der Waals surface area contributed by atoms with Crippen LogP contribution in [0.4, 0.5) is 8.78 Å². The maximum atomic E-state index is 14.4. The fraction of sp³-hybridized carbons (Fsp3) is 0.423. The van der Waals surface area contributed by atoms with Crippen molar-refractivity contribution in [3.05, 3.63) is 66.4 Å². The number of unbranched alkanes of at least 4 members (excludes halogenated alkanes) is 3. The zero-order chi connectivity index (χ0) is 22.5. The van der Waals surface area contributed by atoms with E-state index in [1.807, 2.05) is 12.1 Å². The smallest absolute Gasteiger partial charge is 0.201 e. The summed E-state index contributed by atoms with van der Waals surface area (Å²) in [6.07, 6.45) is 14.1. The lowest BCUT2D eigenvalue weighted by molar-refractivity contribution is 0.0566. The van der Waals surface area contributed by atoms with Gasteiger partial charge in [0.05, 0.1) is 11.8 Å². The third-order valence-corrected chi connectivity index (χ3v) is 4.91. The van der Waals surface area contributed by atoms with E-state index < -0.39 is 11.6 Å². The van der Waals surface area contributed by atoms with Crippen molar-refractivity contribution in [1.82, 2.24) is 4.98 Å². The Balaban J connectivity index is 1.84. The van der Waals surface area contributed by atoms with E-state index in [4.69, 9.17) is 9.47 Å². The maximum absolute atomic E-state index is 14.4. The molecular formula is C26H33F2NO2. The lowest BCUT2D eigenvalue weighted by Gasteiger charge is -2.12. The third kappa shape index (κ3) is 8.25. The number of allylic oxidation sites excluding steroid dienone is 1. The average Bonchev–Trinajstić information content (AvgIpc) is 2.78. The highest BCUT2D eigenvalue weighted by Gasteiger charge is 2.16. The Morgan fingerprint density at radius 2 is 1.94 bits per heavy atom. The van der Waals surface area contributed by atoms with Gasteiger partial charge in [0.15, 0.2) is 11.6 Å². The lowest BCUT2D eigenvalue weighted by Crippen LogP contribution is -2.08. The molecule has 2 rings (SSSR count). The zero-order valence-corrected chi connectivity index (χ0v) is 18.6. The first-order valence-corrected chi connectivity index (χ1v) is 11.0. The molecule has 1 atom stereocenters. The third-order valence-electron chi connectivity index (χ3n) is 4.91. The molecule has 1 aromatic carbocycles. The van der Waals surface area contributed by atoms with E-state index in [1.165, 1.54) is 31.1 Å². The summed E-state index contributed by atoms with van der Waals surface area (Å²) < 4.78 is 39.5. The van der Waals surface area contributed by atoms with Crippen LogP contribution < -0.4 is 4.74 Å². The van der Waals surface area contributed by atoms with Gasteiger partial charge < -0.3 is 9.47 Å². The number of hydrogen-bond acceptors (Lipinski definition) is 3.